The fraction of sp³-hybridized carbons (Fsp3) is 0.611. The molecule has 1 aromatic heterocycles. The van der Waals surface area contributed by atoms with Crippen LogP contribution < -0.4 is 15.4 Å². The highest BCUT2D eigenvalue weighted by molar-refractivity contribution is 5.96. The van der Waals surface area contributed by atoms with E-state index in [9.17, 15) is 9.59 Å². The zero-order valence-electron chi connectivity index (χ0n) is 16.3. The van der Waals surface area contributed by atoms with Gasteiger partial charge in [-0.3, -0.25) is 4.79 Å². The summed E-state index contributed by atoms with van der Waals surface area (Å²) in [7, 11) is 1.59. The molecule has 1 aromatic rings. The van der Waals surface area contributed by atoms with Crippen molar-refractivity contribution in [2.24, 2.45) is 5.92 Å². The first-order valence-corrected chi connectivity index (χ1v) is 8.50. The second-order valence-corrected chi connectivity index (χ2v) is 7.08. The maximum atomic E-state index is 12.5. The van der Waals surface area contributed by atoms with Crippen molar-refractivity contribution in [1.82, 2.24) is 10.3 Å². The molecular formula is C18H29N3O5. The van der Waals surface area contributed by atoms with Gasteiger partial charge < -0.3 is 24.8 Å². The predicted molar refractivity (Wildman–Crippen MR) is 98.2 cm³/mol. The van der Waals surface area contributed by atoms with E-state index in [-0.39, 0.29) is 11.8 Å². The molecule has 146 valence electrons. The number of hydrogen-bond acceptors (Lipinski definition) is 6. The molecule has 0 fully saturated rings. The lowest BCUT2D eigenvalue weighted by molar-refractivity contribution is -0.119. The lowest BCUT2D eigenvalue weighted by Crippen LogP contribution is -2.48. The lowest BCUT2D eigenvalue weighted by atomic mass is 10.0. The van der Waals surface area contributed by atoms with E-state index in [1.54, 1.807) is 40.0 Å². The van der Waals surface area contributed by atoms with Crippen LogP contribution in [0.5, 0.6) is 5.88 Å². The Kier molecular flexibility index (Phi) is 8.31. The first-order valence-electron chi connectivity index (χ1n) is 8.50. The second-order valence-electron chi connectivity index (χ2n) is 7.08. The number of amides is 2. The fourth-order valence-corrected chi connectivity index (χ4v) is 1.96. The van der Waals surface area contributed by atoms with Gasteiger partial charge in [-0.15, -0.1) is 0 Å². The molecule has 0 unspecified atom stereocenters. The number of hydrogen-bond donors (Lipinski definition) is 2. The average molecular weight is 367 g/mol. The number of carbonyl (C=O) groups is 2. The number of nitrogens with zero attached hydrogens (tertiary/aromatic N) is 1. The van der Waals surface area contributed by atoms with Gasteiger partial charge in [0.15, 0.2) is 0 Å². The van der Waals surface area contributed by atoms with Gasteiger partial charge in [-0.1, -0.05) is 13.8 Å². The third kappa shape index (κ3) is 8.15. The average Bonchev–Trinajstić information content (AvgIpc) is 2.52. The summed E-state index contributed by atoms with van der Waals surface area (Å²) in [5.41, 5.74) is -0.129. The SMILES string of the molecule is COCCOc1ccc(NC(=O)[C@@H](NC(=O)OC(C)(C)C)C(C)C)cn1. The fourth-order valence-electron chi connectivity index (χ4n) is 1.96. The Hall–Kier alpha value is -2.35. The van der Waals surface area contributed by atoms with E-state index in [1.807, 2.05) is 13.8 Å². The highest BCUT2D eigenvalue weighted by Gasteiger charge is 2.27. The number of ether oxygens (including phenoxy) is 3. The van der Waals surface area contributed by atoms with Crippen LogP contribution in [0.4, 0.5) is 10.5 Å². The van der Waals surface area contributed by atoms with Crippen LogP contribution in [-0.2, 0) is 14.3 Å². The first kappa shape index (κ1) is 21.7. The topological polar surface area (TPSA) is 98.8 Å². The molecular weight excluding hydrogens is 338 g/mol. The molecule has 1 rings (SSSR count). The van der Waals surface area contributed by atoms with Crippen LogP contribution in [0.3, 0.4) is 0 Å². The zero-order valence-corrected chi connectivity index (χ0v) is 16.3. The van der Waals surface area contributed by atoms with Crippen LogP contribution in [-0.4, -0.2) is 49.0 Å². The van der Waals surface area contributed by atoms with Gasteiger partial charge in [-0.05, 0) is 32.8 Å². The van der Waals surface area contributed by atoms with E-state index >= 15 is 0 Å². The largest absolute Gasteiger partial charge is 0.475 e. The molecule has 1 heterocycles. The van der Waals surface area contributed by atoms with Crippen molar-refractivity contribution < 1.29 is 23.8 Å². The highest BCUT2D eigenvalue weighted by Crippen LogP contribution is 2.14. The van der Waals surface area contributed by atoms with E-state index in [0.717, 1.165) is 0 Å². The van der Waals surface area contributed by atoms with Gasteiger partial charge in [0.2, 0.25) is 11.8 Å². The number of pyridine rings is 1. The number of rotatable bonds is 8. The van der Waals surface area contributed by atoms with Gasteiger partial charge in [0.1, 0.15) is 18.2 Å². The monoisotopic (exact) mass is 367 g/mol. The van der Waals surface area contributed by atoms with Crippen LogP contribution in [0.25, 0.3) is 0 Å². The van der Waals surface area contributed by atoms with Gasteiger partial charge >= 0.3 is 6.09 Å². The van der Waals surface area contributed by atoms with Crippen LogP contribution in [0.1, 0.15) is 34.6 Å². The molecule has 26 heavy (non-hydrogen) atoms. The van der Waals surface area contributed by atoms with Gasteiger partial charge in [-0.2, -0.15) is 0 Å². The minimum Gasteiger partial charge on any atom is -0.475 e. The van der Waals surface area contributed by atoms with Crippen LogP contribution in [0.15, 0.2) is 18.3 Å². The molecule has 0 radical (unpaired) electrons. The van der Waals surface area contributed by atoms with E-state index < -0.39 is 17.7 Å². The minimum atomic E-state index is -0.734. The molecule has 8 heteroatoms. The molecule has 0 saturated carbocycles. The Morgan fingerprint density at radius 3 is 2.38 bits per heavy atom. The smallest absolute Gasteiger partial charge is 0.408 e. The van der Waals surface area contributed by atoms with Crippen LogP contribution in [0, 0.1) is 5.92 Å². The number of aromatic nitrogens is 1. The third-order valence-corrected chi connectivity index (χ3v) is 3.16. The summed E-state index contributed by atoms with van der Waals surface area (Å²) < 4.78 is 15.5. The highest BCUT2D eigenvalue weighted by atomic mass is 16.6. The summed E-state index contributed by atoms with van der Waals surface area (Å²) in [6, 6.07) is 2.59. The Morgan fingerprint density at radius 2 is 1.88 bits per heavy atom. The van der Waals surface area contributed by atoms with Crippen molar-refractivity contribution in [2.75, 3.05) is 25.6 Å². The van der Waals surface area contributed by atoms with E-state index in [4.69, 9.17) is 14.2 Å². The normalized spacial score (nSPS) is 12.4. The third-order valence-electron chi connectivity index (χ3n) is 3.16. The molecule has 2 amide bonds. The number of anilines is 1. The molecule has 0 aliphatic rings. The number of carbonyl (C=O) groups excluding carboxylic acids is 2. The van der Waals surface area contributed by atoms with Gasteiger partial charge in [0.05, 0.1) is 18.5 Å². The Bertz CT molecular complexity index is 581. The number of nitrogens with one attached hydrogen (secondary N) is 2. The molecule has 0 aliphatic heterocycles. The maximum Gasteiger partial charge on any atom is 0.408 e. The second kappa shape index (κ2) is 9.96. The Morgan fingerprint density at radius 1 is 1.19 bits per heavy atom. The van der Waals surface area contributed by atoms with Crippen molar-refractivity contribution in [2.45, 2.75) is 46.3 Å². The van der Waals surface area contributed by atoms with Gasteiger partial charge in [-0.25, -0.2) is 9.78 Å². The summed E-state index contributed by atoms with van der Waals surface area (Å²) in [6.07, 6.45) is 0.858. The summed E-state index contributed by atoms with van der Waals surface area (Å²) in [5, 5.41) is 5.34. The van der Waals surface area contributed by atoms with Crippen molar-refractivity contribution in [1.29, 1.82) is 0 Å². The maximum absolute atomic E-state index is 12.5. The lowest BCUT2D eigenvalue weighted by Gasteiger charge is -2.25. The summed E-state index contributed by atoms with van der Waals surface area (Å²) in [6.45, 7) is 9.83. The Labute approximate surface area is 154 Å². The molecule has 0 spiro atoms. The van der Waals surface area contributed by atoms with Crippen LogP contribution >= 0.6 is 0 Å². The standard InChI is InChI=1S/C18H29N3O5/c1-12(2)15(21-17(23)26-18(3,4)5)16(22)20-13-7-8-14(19-11-13)25-10-9-24-6/h7-8,11-12,15H,9-10H2,1-6H3,(H,20,22)(H,21,23)/t15-/m0/s1. The number of methoxy groups -OCH3 is 1. The molecule has 2 N–H and O–H groups in total. The summed E-state index contributed by atoms with van der Waals surface area (Å²) >= 11 is 0. The minimum absolute atomic E-state index is 0.118. The zero-order chi connectivity index (χ0) is 19.7. The van der Waals surface area contributed by atoms with E-state index in [0.29, 0.717) is 24.8 Å². The van der Waals surface area contributed by atoms with Crippen molar-refractivity contribution in [3.63, 3.8) is 0 Å². The predicted octanol–water partition coefficient (Wildman–Crippen LogP) is 2.59. The van der Waals surface area contributed by atoms with Crippen molar-refractivity contribution >= 4 is 17.7 Å². The molecule has 0 bridgehead atoms. The molecule has 1 atom stereocenters. The quantitative estimate of drug-likeness (QED) is 0.685. The van der Waals surface area contributed by atoms with E-state index in [1.165, 1.54) is 6.20 Å². The first-order chi connectivity index (χ1) is 12.1. The molecule has 0 saturated heterocycles. The van der Waals surface area contributed by atoms with E-state index in [2.05, 4.69) is 15.6 Å². The van der Waals surface area contributed by atoms with Gasteiger partial charge in [0, 0.05) is 13.2 Å². The van der Waals surface area contributed by atoms with Crippen molar-refractivity contribution in [3.05, 3.63) is 18.3 Å². The van der Waals surface area contributed by atoms with Crippen molar-refractivity contribution in [3.8, 4) is 5.88 Å². The molecule has 8 nitrogen and oxygen atoms in total. The number of alkyl carbamates (subject to hydrolysis) is 1. The molecule has 0 aromatic carbocycles. The Balaban J connectivity index is 2.65. The molecule has 0 aliphatic carbocycles. The summed E-state index contributed by atoms with van der Waals surface area (Å²) in [4.78, 5) is 28.6. The van der Waals surface area contributed by atoms with Crippen LogP contribution in [0.2, 0.25) is 0 Å². The van der Waals surface area contributed by atoms with Gasteiger partial charge in [0.25, 0.3) is 0 Å². The summed E-state index contributed by atoms with van der Waals surface area (Å²) in [5.74, 6) is -0.0276.